The van der Waals surface area contributed by atoms with E-state index in [2.05, 4.69) is 17.0 Å². The van der Waals surface area contributed by atoms with Crippen LogP contribution in [0.25, 0.3) is 0 Å². The van der Waals surface area contributed by atoms with Crippen molar-refractivity contribution in [2.24, 2.45) is 0 Å². The third kappa shape index (κ3) is 3.94. The van der Waals surface area contributed by atoms with Crippen molar-refractivity contribution in [1.29, 1.82) is 5.26 Å². The molecule has 0 spiro atoms. The summed E-state index contributed by atoms with van der Waals surface area (Å²) in [6.07, 6.45) is 2.88. The number of fused-ring (bicyclic) bond motifs is 2. The van der Waals surface area contributed by atoms with Gasteiger partial charge >= 0.3 is 5.97 Å². The second kappa shape index (κ2) is 8.16. The molecule has 0 bridgehead atoms. The topological polar surface area (TPSA) is 73.6 Å². The lowest BCUT2D eigenvalue weighted by Gasteiger charge is -2.35. The number of hydrogen-bond acceptors (Lipinski definition) is 5. The highest BCUT2D eigenvalue weighted by Crippen LogP contribution is 2.34. The molecule has 1 aliphatic carbocycles. The first-order chi connectivity index (χ1) is 15.1. The van der Waals surface area contributed by atoms with Crippen LogP contribution in [0.15, 0.2) is 36.4 Å². The highest BCUT2D eigenvalue weighted by molar-refractivity contribution is 5.93. The van der Waals surface area contributed by atoms with Gasteiger partial charge in [0.1, 0.15) is 6.61 Å². The molecule has 0 aromatic heterocycles. The Bertz CT molecular complexity index is 1090. The quantitative estimate of drug-likeness (QED) is 0.702. The molecule has 6 nitrogen and oxygen atoms in total. The number of nitrogens with zero attached hydrogens (tertiary/aromatic N) is 3. The number of carbonyl (C=O) groups is 2. The molecule has 2 aliphatic heterocycles. The summed E-state index contributed by atoms with van der Waals surface area (Å²) in [5, 5.41) is 9.10. The van der Waals surface area contributed by atoms with Crippen molar-refractivity contribution in [1.82, 2.24) is 9.80 Å². The lowest BCUT2D eigenvalue weighted by atomic mass is 9.99. The fourth-order valence-electron chi connectivity index (χ4n) is 5.00. The van der Waals surface area contributed by atoms with Gasteiger partial charge in [-0.25, -0.2) is 4.79 Å². The molecule has 2 aromatic carbocycles. The number of ether oxygens (including phenoxy) is 1. The maximum atomic E-state index is 12.8. The molecule has 2 aromatic rings. The van der Waals surface area contributed by atoms with E-state index in [4.69, 9.17) is 10.00 Å². The zero-order valence-corrected chi connectivity index (χ0v) is 17.5. The third-order valence-electron chi connectivity index (χ3n) is 6.78. The van der Waals surface area contributed by atoms with Gasteiger partial charge in [0, 0.05) is 37.7 Å². The Labute approximate surface area is 182 Å². The zero-order valence-electron chi connectivity index (χ0n) is 17.5. The first-order valence-electron chi connectivity index (χ1n) is 10.9. The van der Waals surface area contributed by atoms with Crippen LogP contribution in [0.3, 0.4) is 0 Å². The molecule has 5 rings (SSSR count). The minimum absolute atomic E-state index is 0.196. The molecule has 1 unspecified atom stereocenters. The molecule has 31 heavy (non-hydrogen) atoms. The normalized spacial score (nSPS) is 20.4. The average molecular weight is 415 g/mol. The molecular weight excluding hydrogens is 390 g/mol. The zero-order chi connectivity index (χ0) is 21.4. The molecule has 158 valence electrons. The first-order valence-corrected chi connectivity index (χ1v) is 10.9. The number of nitriles is 1. The number of hydrogen-bond donors (Lipinski definition) is 0. The number of esters is 1. The van der Waals surface area contributed by atoms with E-state index in [1.807, 2.05) is 35.2 Å². The molecule has 0 saturated carbocycles. The van der Waals surface area contributed by atoms with Crippen LogP contribution in [0, 0.1) is 11.3 Å². The van der Waals surface area contributed by atoms with E-state index >= 15 is 0 Å². The van der Waals surface area contributed by atoms with Crippen molar-refractivity contribution < 1.29 is 14.3 Å². The standard InChI is InChI=1S/C25H25N3O3/c26-13-18-2-5-22-19(12-18)3-4-20(22)14-28-10-9-27(15-24(28)29)8-7-17-1-6-23-21(11-17)16-31-25(23)30/h1-2,5-6,11-12,20H,3-4,7-10,14-16H2. The number of cyclic esters (lactones) is 1. The predicted octanol–water partition coefficient (Wildman–Crippen LogP) is 2.65. The smallest absolute Gasteiger partial charge is 0.338 e. The molecule has 3 aliphatic rings. The molecular formula is C25H25N3O3. The maximum Gasteiger partial charge on any atom is 0.338 e. The van der Waals surface area contributed by atoms with Crippen molar-refractivity contribution in [2.45, 2.75) is 31.8 Å². The van der Waals surface area contributed by atoms with Gasteiger partial charge in [-0.3, -0.25) is 9.69 Å². The average Bonchev–Trinajstić information content (AvgIpc) is 3.36. The number of rotatable bonds is 5. The van der Waals surface area contributed by atoms with Gasteiger partial charge in [-0.1, -0.05) is 18.2 Å². The van der Waals surface area contributed by atoms with Crippen molar-refractivity contribution in [3.05, 3.63) is 69.8 Å². The van der Waals surface area contributed by atoms with Crippen LogP contribution in [-0.2, 0) is 29.0 Å². The Morgan fingerprint density at radius 2 is 2.00 bits per heavy atom. The highest BCUT2D eigenvalue weighted by Gasteiger charge is 2.30. The summed E-state index contributed by atoms with van der Waals surface area (Å²) in [6, 6.07) is 14.0. The van der Waals surface area contributed by atoms with Crippen LogP contribution in [0.5, 0.6) is 0 Å². The van der Waals surface area contributed by atoms with E-state index in [1.165, 1.54) is 16.7 Å². The summed E-state index contributed by atoms with van der Waals surface area (Å²) in [4.78, 5) is 28.6. The SMILES string of the molecule is N#Cc1ccc2c(c1)CCC2CN1CCN(CCc2ccc3c(c2)COC3=O)CC1=O. The molecule has 1 saturated heterocycles. The Morgan fingerprint density at radius 1 is 1.10 bits per heavy atom. The van der Waals surface area contributed by atoms with Crippen molar-refractivity contribution in [2.75, 3.05) is 32.7 Å². The third-order valence-corrected chi connectivity index (χ3v) is 6.78. The van der Waals surface area contributed by atoms with Gasteiger partial charge in [0.15, 0.2) is 0 Å². The Morgan fingerprint density at radius 3 is 2.84 bits per heavy atom. The van der Waals surface area contributed by atoms with Crippen molar-refractivity contribution in [3.8, 4) is 6.07 Å². The van der Waals surface area contributed by atoms with Crippen LogP contribution < -0.4 is 0 Å². The number of amides is 1. The lowest BCUT2D eigenvalue weighted by molar-refractivity contribution is -0.136. The van der Waals surface area contributed by atoms with Crippen LogP contribution in [0.2, 0.25) is 0 Å². The molecule has 2 heterocycles. The van der Waals surface area contributed by atoms with E-state index in [-0.39, 0.29) is 11.9 Å². The summed E-state index contributed by atoms with van der Waals surface area (Å²) in [6.45, 7) is 4.06. The Balaban J connectivity index is 1.14. The number of carbonyl (C=O) groups excluding carboxylic acids is 2. The number of aryl methyl sites for hydroxylation is 1. The van der Waals surface area contributed by atoms with E-state index in [1.54, 1.807) is 0 Å². The maximum absolute atomic E-state index is 12.8. The largest absolute Gasteiger partial charge is 0.457 e. The summed E-state index contributed by atoms with van der Waals surface area (Å²) >= 11 is 0. The Hall–Kier alpha value is -3.17. The minimum Gasteiger partial charge on any atom is -0.457 e. The van der Waals surface area contributed by atoms with Gasteiger partial charge < -0.3 is 9.64 Å². The second-order valence-electron chi connectivity index (χ2n) is 8.69. The molecule has 6 heteroatoms. The van der Waals surface area contributed by atoms with Crippen LogP contribution in [0.1, 0.15) is 50.5 Å². The summed E-state index contributed by atoms with van der Waals surface area (Å²) < 4.78 is 5.07. The fourth-order valence-corrected chi connectivity index (χ4v) is 5.00. The lowest BCUT2D eigenvalue weighted by Crippen LogP contribution is -2.51. The van der Waals surface area contributed by atoms with E-state index in [0.717, 1.165) is 51.0 Å². The van der Waals surface area contributed by atoms with Crippen LogP contribution in [-0.4, -0.2) is 54.4 Å². The minimum atomic E-state index is -0.237. The van der Waals surface area contributed by atoms with Crippen LogP contribution >= 0.6 is 0 Å². The summed E-state index contributed by atoms with van der Waals surface area (Å²) in [5.74, 6) is 0.328. The van der Waals surface area contributed by atoms with E-state index < -0.39 is 0 Å². The molecule has 0 N–H and O–H groups in total. The van der Waals surface area contributed by atoms with Gasteiger partial charge in [-0.2, -0.15) is 5.26 Å². The van der Waals surface area contributed by atoms with Crippen molar-refractivity contribution in [3.63, 3.8) is 0 Å². The van der Waals surface area contributed by atoms with Gasteiger partial charge in [-0.05, 0) is 54.2 Å². The number of piperazine rings is 1. The summed E-state index contributed by atoms with van der Waals surface area (Å²) in [5.41, 5.74) is 6.08. The second-order valence-corrected chi connectivity index (χ2v) is 8.69. The monoisotopic (exact) mass is 415 g/mol. The predicted molar refractivity (Wildman–Crippen MR) is 115 cm³/mol. The van der Waals surface area contributed by atoms with Gasteiger partial charge in [-0.15, -0.1) is 0 Å². The van der Waals surface area contributed by atoms with E-state index in [9.17, 15) is 9.59 Å². The number of benzene rings is 2. The first kappa shape index (κ1) is 19.8. The fraction of sp³-hybridized carbons (Fsp3) is 0.400. The van der Waals surface area contributed by atoms with E-state index in [0.29, 0.717) is 30.2 Å². The molecule has 1 amide bonds. The highest BCUT2D eigenvalue weighted by atomic mass is 16.5. The van der Waals surface area contributed by atoms with Crippen LogP contribution in [0.4, 0.5) is 0 Å². The molecule has 0 radical (unpaired) electrons. The van der Waals surface area contributed by atoms with Gasteiger partial charge in [0.05, 0.1) is 23.7 Å². The molecule has 1 atom stereocenters. The van der Waals surface area contributed by atoms with Gasteiger partial charge in [0.25, 0.3) is 0 Å². The molecule has 1 fully saturated rings. The Kier molecular flexibility index (Phi) is 5.21. The summed E-state index contributed by atoms with van der Waals surface area (Å²) in [7, 11) is 0. The van der Waals surface area contributed by atoms with Crippen molar-refractivity contribution >= 4 is 11.9 Å². The van der Waals surface area contributed by atoms with Gasteiger partial charge in [0.2, 0.25) is 5.91 Å².